The highest BCUT2D eigenvalue weighted by molar-refractivity contribution is 5.28. The third kappa shape index (κ3) is 2.30. The number of aryl methyl sites for hydroxylation is 1. The molecule has 2 rings (SSSR count). The molecular formula is C13H19NO2. The van der Waals surface area contributed by atoms with Gasteiger partial charge >= 0.3 is 0 Å². The van der Waals surface area contributed by atoms with Gasteiger partial charge in [-0.2, -0.15) is 0 Å². The van der Waals surface area contributed by atoms with E-state index in [1.807, 2.05) is 13.0 Å². The fourth-order valence-corrected chi connectivity index (χ4v) is 1.98. The monoisotopic (exact) mass is 221 g/mol. The van der Waals surface area contributed by atoms with Crippen LogP contribution >= 0.6 is 0 Å². The molecule has 0 fully saturated rings. The lowest BCUT2D eigenvalue weighted by atomic mass is 10.1. The average Bonchev–Trinajstić information content (AvgIpc) is 2.91. The number of furan rings is 1. The van der Waals surface area contributed by atoms with Crippen LogP contribution in [0, 0.1) is 6.92 Å². The molecule has 1 atom stereocenters. The molecule has 1 aromatic rings. The first-order valence-electron chi connectivity index (χ1n) is 5.93. The van der Waals surface area contributed by atoms with Crippen molar-refractivity contribution in [3.8, 4) is 0 Å². The number of nitrogens with one attached hydrogen (secondary N) is 1. The van der Waals surface area contributed by atoms with Crippen LogP contribution in [0.2, 0.25) is 0 Å². The van der Waals surface area contributed by atoms with Crippen molar-refractivity contribution >= 4 is 0 Å². The van der Waals surface area contributed by atoms with Gasteiger partial charge in [-0.05, 0) is 32.0 Å². The zero-order valence-corrected chi connectivity index (χ0v) is 9.95. The molecule has 1 N–H and O–H groups in total. The Balaban J connectivity index is 2.17. The first-order valence-corrected chi connectivity index (χ1v) is 5.93. The molecule has 16 heavy (non-hydrogen) atoms. The molecule has 0 amide bonds. The summed E-state index contributed by atoms with van der Waals surface area (Å²) in [6.45, 7) is 5.94. The Morgan fingerprint density at radius 1 is 1.50 bits per heavy atom. The second kappa shape index (κ2) is 5.21. The molecule has 2 heterocycles. The molecule has 1 aliphatic rings. The molecule has 1 aliphatic heterocycles. The van der Waals surface area contributed by atoms with E-state index in [0.29, 0.717) is 0 Å². The Hall–Kier alpha value is -1.22. The van der Waals surface area contributed by atoms with Crippen LogP contribution in [0.1, 0.15) is 37.1 Å². The number of rotatable bonds is 5. The highest BCUT2D eigenvalue weighted by atomic mass is 16.5. The van der Waals surface area contributed by atoms with Gasteiger partial charge in [0.2, 0.25) is 0 Å². The van der Waals surface area contributed by atoms with Crippen molar-refractivity contribution in [1.29, 1.82) is 0 Å². The minimum absolute atomic E-state index is 0.154. The summed E-state index contributed by atoms with van der Waals surface area (Å²) >= 11 is 0. The normalized spacial score (nSPS) is 17.0. The van der Waals surface area contributed by atoms with Crippen LogP contribution in [0.5, 0.6) is 0 Å². The molecule has 1 unspecified atom stereocenters. The van der Waals surface area contributed by atoms with Crippen molar-refractivity contribution in [1.82, 2.24) is 5.32 Å². The molecule has 0 saturated carbocycles. The Labute approximate surface area is 96.5 Å². The average molecular weight is 221 g/mol. The van der Waals surface area contributed by atoms with Gasteiger partial charge in [0.05, 0.1) is 18.9 Å². The largest absolute Gasteiger partial charge is 0.496 e. The van der Waals surface area contributed by atoms with Crippen molar-refractivity contribution in [3.63, 3.8) is 0 Å². The predicted molar refractivity (Wildman–Crippen MR) is 63.1 cm³/mol. The van der Waals surface area contributed by atoms with Crippen LogP contribution in [-0.2, 0) is 4.74 Å². The van der Waals surface area contributed by atoms with Gasteiger partial charge in [0.25, 0.3) is 0 Å². The quantitative estimate of drug-likeness (QED) is 0.830. The van der Waals surface area contributed by atoms with Gasteiger partial charge in [0, 0.05) is 12.0 Å². The smallest absolute Gasteiger partial charge is 0.114 e. The Morgan fingerprint density at radius 2 is 2.38 bits per heavy atom. The molecule has 0 bridgehead atoms. The van der Waals surface area contributed by atoms with E-state index in [9.17, 15) is 0 Å². The summed E-state index contributed by atoms with van der Waals surface area (Å²) in [5, 5.41) is 3.50. The van der Waals surface area contributed by atoms with Crippen LogP contribution in [0.15, 0.2) is 28.6 Å². The summed E-state index contributed by atoms with van der Waals surface area (Å²) in [6, 6.07) is 2.17. The van der Waals surface area contributed by atoms with E-state index >= 15 is 0 Å². The second-order valence-corrected chi connectivity index (χ2v) is 4.06. The molecular weight excluding hydrogens is 202 g/mol. The highest BCUT2D eigenvalue weighted by Crippen LogP contribution is 2.29. The lowest BCUT2D eigenvalue weighted by Gasteiger charge is -2.19. The summed E-state index contributed by atoms with van der Waals surface area (Å²) in [5.74, 6) is 2.00. The first kappa shape index (κ1) is 11.3. The van der Waals surface area contributed by atoms with Gasteiger partial charge in [0.15, 0.2) is 0 Å². The van der Waals surface area contributed by atoms with E-state index in [2.05, 4.69) is 18.3 Å². The molecule has 3 heteroatoms. The predicted octanol–water partition coefficient (Wildman–Crippen LogP) is 2.93. The van der Waals surface area contributed by atoms with Crippen LogP contribution in [0.25, 0.3) is 0 Å². The van der Waals surface area contributed by atoms with Gasteiger partial charge in [-0.3, -0.25) is 0 Å². The summed E-state index contributed by atoms with van der Waals surface area (Å²) in [4.78, 5) is 0. The van der Waals surface area contributed by atoms with E-state index < -0.39 is 0 Å². The molecule has 3 nitrogen and oxygen atoms in total. The zero-order valence-electron chi connectivity index (χ0n) is 9.95. The lowest BCUT2D eigenvalue weighted by Crippen LogP contribution is -2.24. The van der Waals surface area contributed by atoms with E-state index in [1.165, 1.54) is 5.56 Å². The second-order valence-electron chi connectivity index (χ2n) is 4.06. The fourth-order valence-electron chi connectivity index (χ4n) is 1.98. The van der Waals surface area contributed by atoms with Crippen LogP contribution in [-0.4, -0.2) is 13.2 Å². The third-order valence-electron chi connectivity index (χ3n) is 2.83. The van der Waals surface area contributed by atoms with Crippen molar-refractivity contribution in [3.05, 3.63) is 35.5 Å². The van der Waals surface area contributed by atoms with Gasteiger partial charge in [-0.15, -0.1) is 0 Å². The molecule has 0 radical (unpaired) electrons. The molecule has 0 aromatic carbocycles. The van der Waals surface area contributed by atoms with Gasteiger partial charge in [0.1, 0.15) is 11.5 Å². The van der Waals surface area contributed by atoms with Crippen molar-refractivity contribution in [2.75, 3.05) is 13.2 Å². The van der Waals surface area contributed by atoms with Gasteiger partial charge in [-0.25, -0.2) is 0 Å². The maximum absolute atomic E-state index is 5.65. The standard InChI is InChI=1S/C13H19NO2/c1-3-7-14-13(12-5-4-8-16-12)11-6-9-15-10(11)2/h5-6,9,13-14H,3-4,7-8H2,1-2H3. The molecule has 88 valence electrons. The van der Waals surface area contributed by atoms with Crippen molar-refractivity contribution < 1.29 is 9.15 Å². The van der Waals surface area contributed by atoms with E-state index in [4.69, 9.17) is 9.15 Å². The summed E-state index contributed by atoms with van der Waals surface area (Å²) in [5.41, 5.74) is 1.18. The van der Waals surface area contributed by atoms with Crippen LogP contribution in [0.3, 0.4) is 0 Å². The Morgan fingerprint density at radius 3 is 2.94 bits per heavy atom. The Kier molecular flexibility index (Phi) is 3.67. The fraction of sp³-hybridized carbons (Fsp3) is 0.538. The zero-order chi connectivity index (χ0) is 11.4. The highest BCUT2D eigenvalue weighted by Gasteiger charge is 2.22. The minimum atomic E-state index is 0.154. The van der Waals surface area contributed by atoms with Gasteiger partial charge < -0.3 is 14.5 Å². The topological polar surface area (TPSA) is 34.4 Å². The van der Waals surface area contributed by atoms with Crippen LogP contribution < -0.4 is 5.32 Å². The molecule has 1 aromatic heterocycles. The molecule has 0 aliphatic carbocycles. The third-order valence-corrected chi connectivity index (χ3v) is 2.83. The van der Waals surface area contributed by atoms with Crippen molar-refractivity contribution in [2.24, 2.45) is 0 Å². The van der Waals surface area contributed by atoms with E-state index in [0.717, 1.165) is 37.5 Å². The van der Waals surface area contributed by atoms with Crippen molar-refractivity contribution in [2.45, 2.75) is 32.7 Å². The SMILES string of the molecule is CCCNC(C1=CCCO1)c1ccoc1C. The summed E-state index contributed by atoms with van der Waals surface area (Å²) in [6.07, 6.45) is 6.03. The van der Waals surface area contributed by atoms with Gasteiger partial charge in [-0.1, -0.05) is 6.92 Å². The maximum Gasteiger partial charge on any atom is 0.114 e. The summed E-state index contributed by atoms with van der Waals surface area (Å²) in [7, 11) is 0. The summed E-state index contributed by atoms with van der Waals surface area (Å²) < 4.78 is 11.0. The number of hydrogen-bond acceptors (Lipinski definition) is 3. The Bertz CT molecular complexity index is 368. The maximum atomic E-state index is 5.65. The number of ether oxygens (including phenoxy) is 1. The lowest BCUT2D eigenvalue weighted by molar-refractivity contribution is 0.215. The first-order chi connectivity index (χ1) is 7.83. The number of hydrogen-bond donors (Lipinski definition) is 1. The van der Waals surface area contributed by atoms with E-state index in [-0.39, 0.29) is 6.04 Å². The van der Waals surface area contributed by atoms with Crippen LogP contribution in [0.4, 0.5) is 0 Å². The minimum Gasteiger partial charge on any atom is -0.496 e. The molecule has 0 spiro atoms. The molecule has 0 saturated heterocycles. The van der Waals surface area contributed by atoms with E-state index in [1.54, 1.807) is 6.26 Å².